The third-order valence-corrected chi connectivity index (χ3v) is 3.68. The molecule has 0 saturated carbocycles. The molecular formula is C17H13F5O2. The maximum Gasteiger partial charge on any atom is 0.586 e. The third-order valence-electron chi connectivity index (χ3n) is 3.68. The SMILES string of the molecule is FC1(F)Oc2ccc(CCCc3ccc(C(F)(F)F)cc3)cc2O1. The summed E-state index contributed by atoms with van der Waals surface area (Å²) in [7, 11) is 0. The molecule has 0 spiro atoms. The highest BCUT2D eigenvalue weighted by molar-refractivity contribution is 5.45. The number of alkyl halides is 5. The monoisotopic (exact) mass is 344 g/mol. The molecule has 0 radical (unpaired) electrons. The van der Waals surface area contributed by atoms with Gasteiger partial charge in [-0.05, 0) is 54.7 Å². The summed E-state index contributed by atoms with van der Waals surface area (Å²) in [4.78, 5) is 0. The van der Waals surface area contributed by atoms with Crippen LogP contribution in [0.15, 0.2) is 42.5 Å². The molecule has 0 atom stereocenters. The predicted octanol–water partition coefficient (Wildman–Crippen LogP) is 5.20. The van der Waals surface area contributed by atoms with E-state index < -0.39 is 18.0 Å². The van der Waals surface area contributed by atoms with E-state index >= 15 is 0 Å². The van der Waals surface area contributed by atoms with E-state index in [0.29, 0.717) is 19.3 Å². The Kier molecular flexibility index (Phi) is 4.11. The zero-order valence-electron chi connectivity index (χ0n) is 12.4. The topological polar surface area (TPSA) is 18.5 Å². The zero-order valence-corrected chi connectivity index (χ0v) is 12.4. The molecule has 1 aliphatic heterocycles. The van der Waals surface area contributed by atoms with Crippen LogP contribution in [0.25, 0.3) is 0 Å². The van der Waals surface area contributed by atoms with E-state index in [0.717, 1.165) is 23.3 Å². The number of ether oxygens (including phenoxy) is 2. The molecule has 1 heterocycles. The molecule has 7 heteroatoms. The van der Waals surface area contributed by atoms with Gasteiger partial charge in [0.1, 0.15) is 0 Å². The summed E-state index contributed by atoms with van der Waals surface area (Å²) in [6.45, 7) is 0. The molecule has 2 aromatic rings. The van der Waals surface area contributed by atoms with Crippen molar-refractivity contribution >= 4 is 0 Å². The van der Waals surface area contributed by atoms with Gasteiger partial charge in [-0.3, -0.25) is 0 Å². The highest BCUT2D eigenvalue weighted by Gasteiger charge is 2.43. The molecule has 2 nitrogen and oxygen atoms in total. The summed E-state index contributed by atoms with van der Waals surface area (Å²) < 4.78 is 72.0. The minimum absolute atomic E-state index is 0.00738. The van der Waals surface area contributed by atoms with Gasteiger partial charge in [0, 0.05) is 0 Å². The average Bonchev–Trinajstić information content (AvgIpc) is 2.80. The van der Waals surface area contributed by atoms with Gasteiger partial charge in [0.2, 0.25) is 0 Å². The van der Waals surface area contributed by atoms with Gasteiger partial charge in [-0.25, -0.2) is 0 Å². The van der Waals surface area contributed by atoms with Crippen molar-refractivity contribution in [3.63, 3.8) is 0 Å². The lowest BCUT2D eigenvalue weighted by Gasteiger charge is -2.08. The number of aryl methyl sites for hydroxylation is 2. The molecule has 0 bridgehead atoms. The van der Waals surface area contributed by atoms with Crippen molar-refractivity contribution in [2.24, 2.45) is 0 Å². The lowest BCUT2D eigenvalue weighted by molar-refractivity contribution is -0.286. The normalized spacial score (nSPS) is 15.5. The summed E-state index contributed by atoms with van der Waals surface area (Å²) in [6.07, 6.45) is -6.14. The number of benzene rings is 2. The third kappa shape index (κ3) is 3.77. The van der Waals surface area contributed by atoms with E-state index in [2.05, 4.69) is 9.47 Å². The Morgan fingerprint density at radius 2 is 1.38 bits per heavy atom. The molecule has 0 N–H and O–H groups in total. The highest BCUT2D eigenvalue weighted by atomic mass is 19.4. The van der Waals surface area contributed by atoms with Gasteiger partial charge in [-0.1, -0.05) is 18.2 Å². The fourth-order valence-electron chi connectivity index (χ4n) is 2.51. The Morgan fingerprint density at radius 3 is 2.04 bits per heavy atom. The van der Waals surface area contributed by atoms with Crippen molar-refractivity contribution in [1.82, 2.24) is 0 Å². The molecule has 0 amide bonds. The molecule has 3 rings (SSSR count). The van der Waals surface area contributed by atoms with Crippen LogP contribution in [0.5, 0.6) is 11.5 Å². The molecule has 0 saturated heterocycles. The summed E-state index contributed by atoms with van der Waals surface area (Å²) in [5.74, 6) is -0.0153. The first-order valence-electron chi connectivity index (χ1n) is 7.28. The summed E-state index contributed by atoms with van der Waals surface area (Å²) in [5, 5.41) is 0. The summed E-state index contributed by atoms with van der Waals surface area (Å²) >= 11 is 0. The van der Waals surface area contributed by atoms with Crippen LogP contribution < -0.4 is 9.47 Å². The molecule has 0 aliphatic carbocycles. The quantitative estimate of drug-likeness (QED) is 0.710. The molecule has 1 aliphatic rings. The average molecular weight is 344 g/mol. The van der Waals surface area contributed by atoms with E-state index in [1.807, 2.05) is 0 Å². The lowest BCUT2D eigenvalue weighted by Crippen LogP contribution is -2.25. The van der Waals surface area contributed by atoms with Crippen molar-refractivity contribution in [1.29, 1.82) is 0 Å². The van der Waals surface area contributed by atoms with E-state index in [1.54, 1.807) is 6.07 Å². The first-order valence-corrected chi connectivity index (χ1v) is 7.28. The first kappa shape index (κ1) is 16.5. The standard InChI is InChI=1S/C17H13F5O2/c18-16(19,20)13-7-4-11(5-8-13)2-1-3-12-6-9-14-15(10-12)24-17(21,22)23-14/h4-10H,1-3H2. The Morgan fingerprint density at radius 1 is 0.792 bits per heavy atom. The molecule has 2 aromatic carbocycles. The second-order valence-electron chi connectivity index (χ2n) is 5.50. The van der Waals surface area contributed by atoms with E-state index in [9.17, 15) is 22.0 Å². The highest BCUT2D eigenvalue weighted by Crippen LogP contribution is 2.41. The molecule has 0 aromatic heterocycles. The summed E-state index contributed by atoms with van der Waals surface area (Å²) in [6, 6.07) is 9.57. The number of hydrogen-bond donors (Lipinski definition) is 0. The fourth-order valence-corrected chi connectivity index (χ4v) is 2.51. The molecule has 128 valence electrons. The van der Waals surface area contributed by atoms with Crippen molar-refractivity contribution in [3.05, 3.63) is 59.2 Å². The van der Waals surface area contributed by atoms with Crippen LogP contribution in [-0.2, 0) is 19.0 Å². The molecular weight excluding hydrogens is 331 g/mol. The Hall–Kier alpha value is -2.31. The molecule has 24 heavy (non-hydrogen) atoms. The maximum absolute atomic E-state index is 12.9. The van der Waals surface area contributed by atoms with Gasteiger partial charge in [-0.15, -0.1) is 8.78 Å². The van der Waals surface area contributed by atoms with Crippen LogP contribution in [-0.4, -0.2) is 6.29 Å². The second-order valence-corrected chi connectivity index (χ2v) is 5.50. The van der Waals surface area contributed by atoms with Gasteiger partial charge in [0.05, 0.1) is 5.56 Å². The minimum Gasteiger partial charge on any atom is -0.395 e. The van der Waals surface area contributed by atoms with Crippen molar-refractivity contribution in [2.75, 3.05) is 0 Å². The van der Waals surface area contributed by atoms with Crippen LogP contribution in [0.1, 0.15) is 23.1 Å². The molecule has 0 fully saturated rings. The van der Waals surface area contributed by atoms with Crippen molar-refractivity contribution < 1.29 is 31.4 Å². The van der Waals surface area contributed by atoms with Crippen LogP contribution in [0.2, 0.25) is 0 Å². The Balaban J connectivity index is 1.56. The van der Waals surface area contributed by atoms with E-state index in [1.165, 1.54) is 24.3 Å². The lowest BCUT2D eigenvalue weighted by atomic mass is 10.0. The molecule has 0 unspecified atom stereocenters. The minimum atomic E-state index is -4.34. The summed E-state index contributed by atoms with van der Waals surface area (Å²) in [5.41, 5.74) is 0.903. The Bertz CT molecular complexity index is 723. The van der Waals surface area contributed by atoms with Crippen LogP contribution in [0, 0.1) is 0 Å². The number of rotatable bonds is 4. The first-order chi connectivity index (χ1) is 11.2. The van der Waals surface area contributed by atoms with Crippen molar-refractivity contribution in [3.8, 4) is 11.5 Å². The Labute approximate surface area is 134 Å². The second kappa shape index (κ2) is 5.96. The van der Waals surface area contributed by atoms with Crippen LogP contribution in [0.3, 0.4) is 0 Å². The van der Waals surface area contributed by atoms with Crippen LogP contribution >= 0.6 is 0 Å². The van der Waals surface area contributed by atoms with E-state index in [-0.39, 0.29) is 11.5 Å². The zero-order chi connectivity index (χ0) is 17.4. The van der Waals surface area contributed by atoms with Gasteiger partial charge in [-0.2, -0.15) is 13.2 Å². The number of hydrogen-bond acceptors (Lipinski definition) is 2. The maximum atomic E-state index is 12.9. The van der Waals surface area contributed by atoms with Gasteiger partial charge < -0.3 is 9.47 Å². The van der Waals surface area contributed by atoms with Crippen LogP contribution in [0.4, 0.5) is 22.0 Å². The van der Waals surface area contributed by atoms with E-state index in [4.69, 9.17) is 0 Å². The van der Waals surface area contributed by atoms with Gasteiger partial charge in [0.15, 0.2) is 11.5 Å². The number of halogens is 5. The smallest absolute Gasteiger partial charge is 0.395 e. The fraction of sp³-hybridized carbons (Fsp3) is 0.294. The van der Waals surface area contributed by atoms with Gasteiger partial charge >= 0.3 is 12.5 Å². The largest absolute Gasteiger partial charge is 0.586 e. The number of fused-ring (bicyclic) bond motifs is 1. The van der Waals surface area contributed by atoms with Gasteiger partial charge in [0.25, 0.3) is 0 Å². The predicted molar refractivity (Wildman–Crippen MR) is 76.1 cm³/mol. The van der Waals surface area contributed by atoms with Crippen molar-refractivity contribution in [2.45, 2.75) is 31.7 Å².